The van der Waals surface area contributed by atoms with Gasteiger partial charge >= 0.3 is 203 Å². The van der Waals surface area contributed by atoms with E-state index in [2.05, 4.69) is 3.56 Å². The number of benzene rings is 3. The number of hydrogen-bond acceptors (Lipinski definition) is 2. The molecule has 0 amide bonds. The molecule has 0 unspecified atom stereocenters. The van der Waals surface area contributed by atoms with Crippen molar-refractivity contribution < 1.29 is 64.2 Å². The number of hydrogen-bond donors (Lipinski definition) is 0. The van der Waals surface area contributed by atoms with Crippen LogP contribution in [0.5, 0.6) is 0 Å². The normalized spacial score (nSPS) is 13.4. The first-order chi connectivity index (χ1) is 16.3. The van der Waals surface area contributed by atoms with Gasteiger partial charge in [0, 0.05) is 0 Å². The molecule has 0 fully saturated rings. The molecule has 3 aromatic carbocycles. The van der Waals surface area contributed by atoms with Gasteiger partial charge in [-0.3, -0.25) is 0 Å². The molecule has 0 radical (unpaired) electrons. The van der Waals surface area contributed by atoms with Crippen LogP contribution in [0.3, 0.4) is 0 Å². The first kappa shape index (κ1) is 27.4. The minimum absolute atomic E-state index is 0.420. The predicted molar refractivity (Wildman–Crippen MR) is 107 cm³/mol. The van der Waals surface area contributed by atoms with Gasteiger partial charge < -0.3 is 0 Å². The second-order valence-electron chi connectivity index (χ2n) is 7.36. The Morgan fingerprint density at radius 3 is 1.03 bits per heavy atom. The molecule has 35 heavy (non-hydrogen) atoms. The molecular formula is C22H15F9O2SiZn. The quantitative estimate of drug-likeness (QED) is 0.224. The van der Waals surface area contributed by atoms with Gasteiger partial charge in [-0.2, -0.15) is 0 Å². The van der Waals surface area contributed by atoms with Crippen molar-refractivity contribution >= 4 is 23.9 Å². The average Bonchev–Trinajstić information content (AvgIpc) is 2.78. The van der Waals surface area contributed by atoms with E-state index in [0.717, 1.165) is 0 Å². The summed E-state index contributed by atoms with van der Waals surface area (Å²) in [4.78, 5) is 0. The van der Waals surface area contributed by atoms with E-state index in [4.69, 9.17) is 3.25 Å². The fourth-order valence-corrected chi connectivity index (χ4v) is 13.5. The van der Waals surface area contributed by atoms with Gasteiger partial charge in [0.25, 0.3) is 0 Å². The molecule has 184 valence electrons. The first-order valence-electron chi connectivity index (χ1n) is 9.92. The fourth-order valence-electron chi connectivity index (χ4n) is 3.70. The molecule has 0 heterocycles. The third-order valence-corrected chi connectivity index (χ3v) is 13.9. The van der Waals surface area contributed by atoms with Crippen LogP contribution in [0.25, 0.3) is 0 Å². The molecular weight excluding hydrogens is 561 g/mol. The van der Waals surface area contributed by atoms with Crippen LogP contribution in [0.1, 0.15) is 0 Å². The van der Waals surface area contributed by atoms with Crippen molar-refractivity contribution in [2.45, 2.75) is 24.1 Å². The third kappa shape index (κ3) is 5.04. The molecule has 0 atom stereocenters. The fraction of sp³-hybridized carbons (Fsp3) is 0.182. The number of halogens is 9. The van der Waals surface area contributed by atoms with Gasteiger partial charge in [-0.1, -0.05) is 0 Å². The topological polar surface area (TPSA) is 18.5 Å². The molecule has 0 aliphatic carbocycles. The van der Waals surface area contributed by atoms with E-state index in [0.29, 0.717) is 15.6 Å². The van der Waals surface area contributed by atoms with E-state index in [1.165, 1.54) is 0 Å². The Bertz CT molecular complexity index is 956. The summed E-state index contributed by atoms with van der Waals surface area (Å²) in [6, 6.07) is 23.9. The van der Waals surface area contributed by atoms with Crippen molar-refractivity contribution in [3.63, 3.8) is 0 Å². The zero-order chi connectivity index (χ0) is 26.0. The Hall–Kier alpha value is -2.21. The first-order valence-corrected chi connectivity index (χ1v) is 14.2. The van der Waals surface area contributed by atoms with Gasteiger partial charge in [0.2, 0.25) is 0 Å². The molecule has 0 aliphatic heterocycles. The van der Waals surface area contributed by atoms with Crippen LogP contribution < -0.4 is 15.6 Å². The van der Waals surface area contributed by atoms with Crippen LogP contribution in [0.2, 0.25) is 0 Å². The summed E-state index contributed by atoms with van der Waals surface area (Å²) in [5.74, 6) is 0. The van der Waals surface area contributed by atoms with Gasteiger partial charge in [0.1, 0.15) is 0 Å². The molecule has 13 heteroatoms. The monoisotopic (exact) mass is 574 g/mol. The summed E-state index contributed by atoms with van der Waals surface area (Å²) < 4.78 is 130. The van der Waals surface area contributed by atoms with Crippen molar-refractivity contribution in [1.29, 1.82) is 0 Å². The molecule has 0 bridgehead atoms. The summed E-state index contributed by atoms with van der Waals surface area (Å²) >= 11 is -4.13. The van der Waals surface area contributed by atoms with Crippen LogP contribution >= 0.6 is 0 Å². The van der Waals surface area contributed by atoms with Gasteiger partial charge in [-0.15, -0.1) is 0 Å². The van der Waals surface area contributed by atoms with Crippen molar-refractivity contribution in [3.8, 4) is 0 Å². The second kappa shape index (κ2) is 10.0. The molecule has 2 nitrogen and oxygen atoms in total. The molecule has 0 aromatic heterocycles. The zero-order valence-electron chi connectivity index (χ0n) is 17.6. The molecule has 0 spiro atoms. The van der Waals surface area contributed by atoms with E-state index in [9.17, 15) is 39.5 Å². The Balaban J connectivity index is 2.17. The van der Waals surface area contributed by atoms with Gasteiger partial charge in [-0.25, -0.2) is 0 Å². The SMILES string of the molecule is FC(F)(F)C([O][Zn][O][Si](c1ccccc1)(c1ccccc1)c1ccccc1)(C(F)(F)F)C(F)(F)F. The Labute approximate surface area is 203 Å². The standard InChI is InChI=1S/C18H15OSi.C4F9O.Zn/c19-20(16-10-4-1-5-11-16,17-12-6-2-7-13-17)18-14-8-3-9-15-18;5-2(6,7)1(14,3(8,9)10)4(11,12)13;/h1-15H;;/q2*-1;+2. The van der Waals surface area contributed by atoms with E-state index in [1.807, 2.05) is 0 Å². The van der Waals surface area contributed by atoms with Crippen molar-refractivity contribution in [2.24, 2.45) is 0 Å². The van der Waals surface area contributed by atoms with Crippen LogP contribution in [0.4, 0.5) is 39.5 Å². The maximum atomic E-state index is 13.4. The Morgan fingerprint density at radius 2 is 0.771 bits per heavy atom. The summed E-state index contributed by atoms with van der Waals surface area (Å²) in [6.45, 7) is 0. The molecule has 3 rings (SSSR count). The Kier molecular flexibility index (Phi) is 7.85. The summed E-state index contributed by atoms with van der Waals surface area (Å²) in [6.07, 6.45) is -20.4. The third-order valence-electron chi connectivity index (χ3n) is 5.29. The van der Waals surface area contributed by atoms with Crippen molar-refractivity contribution in [1.82, 2.24) is 0 Å². The molecule has 0 aliphatic rings. The molecule has 3 aromatic rings. The minimum atomic E-state index is -6.81. The zero-order valence-corrected chi connectivity index (χ0v) is 21.6. The van der Waals surface area contributed by atoms with E-state index in [1.54, 1.807) is 91.0 Å². The summed E-state index contributed by atoms with van der Waals surface area (Å²) in [5, 5.41) is 1.26. The number of rotatable bonds is 7. The van der Waals surface area contributed by atoms with Gasteiger partial charge in [-0.05, 0) is 0 Å². The summed E-state index contributed by atoms with van der Waals surface area (Å²) in [5.41, 5.74) is -6.35. The predicted octanol–water partition coefficient (Wildman–Crippen LogP) is 5.02. The van der Waals surface area contributed by atoms with Crippen LogP contribution in [0, 0.1) is 0 Å². The molecule has 0 saturated heterocycles. The van der Waals surface area contributed by atoms with Crippen molar-refractivity contribution in [3.05, 3.63) is 91.0 Å². The van der Waals surface area contributed by atoms with E-state index >= 15 is 0 Å². The van der Waals surface area contributed by atoms with Gasteiger partial charge in [0.05, 0.1) is 0 Å². The second-order valence-corrected chi connectivity index (χ2v) is 13.7. The van der Waals surface area contributed by atoms with Crippen LogP contribution in [0.15, 0.2) is 91.0 Å². The average molecular weight is 576 g/mol. The maximum absolute atomic E-state index is 13.4. The number of alkyl halides is 9. The van der Waals surface area contributed by atoms with Gasteiger partial charge in [0.15, 0.2) is 0 Å². The molecule has 0 saturated carbocycles. The van der Waals surface area contributed by atoms with Crippen LogP contribution in [-0.4, -0.2) is 32.4 Å². The Morgan fingerprint density at radius 1 is 0.486 bits per heavy atom. The van der Waals surface area contributed by atoms with E-state index in [-0.39, 0.29) is 0 Å². The molecule has 0 N–H and O–H groups in total. The van der Waals surface area contributed by atoms with Crippen LogP contribution in [-0.2, 0) is 24.7 Å². The summed E-state index contributed by atoms with van der Waals surface area (Å²) in [7, 11) is -3.84. The van der Waals surface area contributed by atoms with Crippen molar-refractivity contribution in [2.75, 3.05) is 0 Å². The van der Waals surface area contributed by atoms with E-state index < -0.39 is 50.3 Å².